The predicted octanol–water partition coefficient (Wildman–Crippen LogP) is 2.30. The second-order valence-electron chi connectivity index (χ2n) is 5.81. The molecule has 110 valence electrons. The van der Waals surface area contributed by atoms with Crippen LogP contribution in [0.25, 0.3) is 0 Å². The van der Waals surface area contributed by atoms with Crippen LogP contribution in [0.3, 0.4) is 0 Å². The van der Waals surface area contributed by atoms with E-state index in [4.69, 9.17) is 4.74 Å². The van der Waals surface area contributed by atoms with Crippen molar-refractivity contribution in [1.29, 1.82) is 0 Å². The van der Waals surface area contributed by atoms with Gasteiger partial charge < -0.3 is 4.74 Å². The van der Waals surface area contributed by atoms with Gasteiger partial charge in [-0.2, -0.15) is 0 Å². The highest BCUT2D eigenvalue weighted by Gasteiger charge is 2.39. The Morgan fingerprint density at radius 2 is 1.85 bits per heavy atom. The fourth-order valence-corrected chi connectivity index (χ4v) is 4.28. The Bertz CT molecular complexity index is 563. The van der Waals surface area contributed by atoms with Crippen LogP contribution in [0.2, 0.25) is 0 Å². The predicted molar refractivity (Wildman–Crippen MR) is 78.0 cm³/mol. The van der Waals surface area contributed by atoms with Crippen molar-refractivity contribution < 1.29 is 13.2 Å². The number of nitrogens with one attached hydrogen (secondary N) is 1. The maximum atomic E-state index is 12.1. The van der Waals surface area contributed by atoms with Gasteiger partial charge in [0.05, 0.1) is 17.4 Å². The average molecular weight is 295 g/mol. The molecule has 4 nitrogen and oxygen atoms in total. The van der Waals surface area contributed by atoms with Crippen LogP contribution in [0, 0.1) is 6.92 Å². The Morgan fingerprint density at radius 3 is 2.50 bits per heavy atom. The smallest absolute Gasteiger partial charge is 0.214 e. The van der Waals surface area contributed by atoms with E-state index in [1.807, 2.05) is 31.2 Å². The third-order valence-electron chi connectivity index (χ3n) is 4.01. The SMILES string of the molecule is Cc1ccc([C@H]2OCCC[C@H]2NS(=O)(=O)C2CC2)cc1. The van der Waals surface area contributed by atoms with Gasteiger partial charge in [-0.25, -0.2) is 13.1 Å². The molecule has 5 heteroatoms. The first-order valence-corrected chi connectivity index (χ1v) is 8.80. The second kappa shape index (κ2) is 5.47. The molecule has 1 aliphatic carbocycles. The minimum Gasteiger partial charge on any atom is -0.372 e. The van der Waals surface area contributed by atoms with E-state index in [0.29, 0.717) is 6.61 Å². The summed E-state index contributed by atoms with van der Waals surface area (Å²) in [5.41, 5.74) is 2.25. The van der Waals surface area contributed by atoms with Gasteiger partial charge in [-0.05, 0) is 38.2 Å². The van der Waals surface area contributed by atoms with Gasteiger partial charge in [0.15, 0.2) is 0 Å². The molecule has 2 aliphatic rings. The van der Waals surface area contributed by atoms with Crippen LogP contribution < -0.4 is 4.72 Å². The maximum Gasteiger partial charge on any atom is 0.214 e. The molecule has 1 heterocycles. The molecule has 0 bridgehead atoms. The first-order valence-electron chi connectivity index (χ1n) is 7.25. The summed E-state index contributed by atoms with van der Waals surface area (Å²) in [7, 11) is -3.17. The number of hydrogen-bond donors (Lipinski definition) is 1. The molecule has 1 N–H and O–H groups in total. The molecule has 0 amide bonds. The van der Waals surface area contributed by atoms with E-state index in [2.05, 4.69) is 4.72 Å². The van der Waals surface area contributed by atoms with Crippen LogP contribution in [0.15, 0.2) is 24.3 Å². The molecule has 2 atom stereocenters. The fourth-order valence-electron chi connectivity index (χ4n) is 2.67. The van der Waals surface area contributed by atoms with E-state index >= 15 is 0 Å². The zero-order chi connectivity index (χ0) is 14.2. The lowest BCUT2D eigenvalue weighted by Crippen LogP contribution is -2.43. The molecule has 3 rings (SSSR count). The molecule has 0 unspecified atom stereocenters. The monoisotopic (exact) mass is 295 g/mol. The third-order valence-corrected chi connectivity index (χ3v) is 5.99. The lowest BCUT2D eigenvalue weighted by Gasteiger charge is -2.32. The first kappa shape index (κ1) is 14.0. The zero-order valence-corrected chi connectivity index (χ0v) is 12.5. The van der Waals surface area contributed by atoms with E-state index < -0.39 is 10.0 Å². The molecule has 0 spiro atoms. The van der Waals surface area contributed by atoms with Crippen molar-refractivity contribution in [3.63, 3.8) is 0 Å². The Morgan fingerprint density at radius 1 is 1.15 bits per heavy atom. The maximum absolute atomic E-state index is 12.1. The minimum atomic E-state index is -3.17. The van der Waals surface area contributed by atoms with Crippen LogP contribution in [-0.4, -0.2) is 26.3 Å². The number of hydrogen-bond acceptors (Lipinski definition) is 3. The quantitative estimate of drug-likeness (QED) is 0.927. The Balaban J connectivity index is 1.78. The number of sulfonamides is 1. The van der Waals surface area contributed by atoms with E-state index in [1.54, 1.807) is 0 Å². The van der Waals surface area contributed by atoms with Crippen molar-refractivity contribution in [2.24, 2.45) is 0 Å². The molecule has 0 aromatic heterocycles. The van der Waals surface area contributed by atoms with Crippen molar-refractivity contribution in [2.75, 3.05) is 6.61 Å². The molecule has 1 aliphatic heterocycles. The summed E-state index contributed by atoms with van der Waals surface area (Å²) in [5, 5.41) is -0.178. The van der Waals surface area contributed by atoms with Crippen molar-refractivity contribution in [3.05, 3.63) is 35.4 Å². The molecule has 0 radical (unpaired) electrons. The highest BCUT2D eigenvalue weighted by Crippen LogP contribution is 2.32. The summed E-state index contributed by atoms with van der Waals surface area (Å²) >= 11 is 0. The standard InChI is InChI=1S/C15H21NO3S/c1-11-4-6-12(7-5-11)15-14(3-2-10-19-15)16-20(17,18)13-8-9-13/h4-7,13-16H,2-3,8-10H2,1H3/t14-,15-/m1/s1. The van der Waals surface area contributed by atoms with Gasteiger partial charge in [0.2, 0.25) is 10.0 Å². The number of rotatable bonds is 4. The largest absolute Gasteiger partial charge is 0.372 e. The fraction of sp³-hybridized carbons (Fsp3) is 0.600. The Labute approximate surface area is 120 Å². The van der Waals surface area contributed by atoms with Crippen LogP contribution in [0.4, 0.5) is 0 Å². The third kappa shape index (κ3) is 3.05. The van der Waals surface area contributed by atoms with E-state index in [0.717, 1.165) is 31.2 Å². The summed E-state index contributed by atoms with van der Waals surface area (Å²) in [6.45, 7) is 2.74. The number of benzene rings is 1. The zero-order valence-electron chi connectivity index (χ0n) is 11.7. The Kier molecular flexibility index (Phi) is 3.84. The average Bonchev–Trinajstić information content (AvgIpc) is 3.25. The topological polar surface area (TPSA) is 55.4 Å². The van der Waals surface area contributed by atoms with E-state index in [9.17, 15) is 8.42 Å². The molecule has 1 saturated carbocycles. The first-order chi connectivity index (χ1) is 9.56. The molecule has 1 aromatic carbocycles. The van der Waals surface area contributed by atoms with Crippen LogP contribution in [-0.2, 0) is 14.8 Å². The van der Waals surface area contributed by atoms with Crippen molar-refractivity contribution in [2.45, 2.75) is 50.0 Å². The summed E-state index contributed by atoms with van der Waals surface area (Å²) in [5.74, 6) is 0. The van der Waals surface area contributed by atoms with Gasteiger partial charge in [-0.15, -0.1) is 0 Å². The number of aryl methyl sites for hydroxylation is 1. The lowest BCUT2D eigenvalue weighted by molar-refractivity contribution is -0.00444. The highest BCUT2D eigenvalue weighted by molar-refractivity contribution is 7.90. The van der Waals surface area contributed by atoms with Crippen LogP contribution in [0.1, 0.15) is 42.9 Å². The molecular weight excluding hydrogens is 274 g/mol. The summed E-state index contributed by atoms with van der Waals surface area (Å²) < 4.78 is 33.0. The van der Waals surface area contributed by atoms with Gasteiger partial charge in [0.25, 0.3) is 0 Å². The summed E-state index contributed by atoms with van der Waals surface area (Å²) in [6, 6.07) is 8.00. The number of ether oxygens (including phenoxy) is 1. The van der Waals surface area contributed by atoms with Gasteiger partial charge in [0.1, 0.15) is 0 Å². The minimum absolute atomic E-state index is 0.142. The molecule has 1 aromatic rings. The van der Waals surface area contributed by atoms with Crippen molar-refractivity contribution in [1.82, 2.24) is 4.72 Å². The molecular formula is C15H21NO3S. The van der Waals surface area contributed by atoms with E-state index in [-0.39, 0.29) is 17.4 Å². The summed E-state index contributed by atoms with van der Waals surface area (Å²) in [4.78, 5) is 0. The van der Waals surface area contributed by atoms with E-state index in [1.165, 1.54) is 5.56 Å². The molecule has 1 saturated heterocycles. The summed E-state index contributed by atoms with van der Waals surface area (Å²) in [6.07, 6.45) is 3.15. The van der Waals surface area contributed by atoms with Gasteiger partial charge in [-0.1, -0.05) is 29.8 Å². The highest BCUT2D eigenvalue weighted by atomic mass is 32.2. The Hall–Kier alpha value is -0.910. The normalized spacial score (nSPS) is 27.4. The van der Waals surface area contributed by atoms with Gasteiger partial charge in [-0.3, -0.25) is 0 Å². The van der Waals surface area contributed by atoms with Crippen LogP contribution >= 0.6 is 0 Å². The molecule has 2 fully saturated rings. The van der Waals surface area contributed by atoms with Gasteiger partial charge in [0, 0.05) is 6.61 Å². The van der Waals surface area contributed by atoms with Crippen molar-refractivity contribution >= 4 is 10.0 Å². The van der Waals surface area contributed by atoms with Crippen LogP contribution in [0.5, 0.6) is 0 Å². The lowest BCUT2D eigenvalue weighted by atomic mass is 9.96. The van der Waals surface area contributed by atoms with Gasteiger partial charge >= 0.3 is 0 Å². The molecule has 20 heavy (non-hydrogen) atoms. The second-order valence-corrected chi connectivity index (χ2v) is 7.81. The van der Waals surface area contributed by atoms with Crippen molar-refractivity contribution in [3.8, 4) is 0 Å².